The van der Waals surface area contributed by atoms with Crippen LogP contribution >= 0.6 is 11.3 Å². The summed E-state index contributed by atoms with van der Waals surface area (Å²) in [5, 5.41) is 10.4. The van der Waals surface area contributed by atoms with E-state index in [-0.39, 0.29) is 6.17 Å². The molecule has 0 spiro atoms. The van der Waals surface area contributed by atoms with Gasteiger partial charge in [-0.1, -0.05) is 115 Å². The second-order valence-electron chi connectivity index (χ2n) is 12.9. The van der Waals surface area contributed by atoms with Crippen LogP contribution in [0.4, 0.5) is 0 Å². The molecule has 3 heterocycles. The van der Waals surface area contributed by atoms with E-state index in [2.05, 4.69) is 102 Å². The standard InChI is InChI=1S/C45H31N3O2S/c46-44(48-45(27-10-2-1-3-11-27)47-26-30-12-8-17-35-33-14-5-7-19-41(33)51-43(30)35)29-21-23-40-37(25-29)36-24-28(20-22-39(36)49-40)31-15-9-16-34-32-13-4-6-18-38(32)50-42(31)34/h1-26,44-45,48H,46H2. The number of nitrogens with zero attached hydrogens (tertiary/aromatic N) is 1. The summed E-state index contributed by atoms with van der Waals surface area (Å²) in [5.41, 5.74) is 15.5. The lowest BCUT2D eigenvalue weighted by atomic mass is 9.99. The maximum atomic E-state index is 6.94. The predicted octanol–water partition coefficient (Wildman–Crippen LogP) is 11.9. The molecule has 10 aromatic rings. The van der Waals surface area contributed by atoms with Gasteiger partial charge in [0.15, 0.2) is 0 Å². The molecule has 3 N–H and O–H groups in total. The lowest BCUT2D eigenvalue weighted by Gasteiger charge is -2.21. The van der Waals surface area contributed by atoms with E-state index in [9.17, 15) is 0 Å². The Hall–Kier alpha value is -6.05. The molecule has 0 aliphatic carbocycles. The van der Waals surface area contributed by atoms with Crippen LogP contribution in [0.5, 0.6) is 0 Å². The van der Waals surface area contributed by atoms with Crippen molar-refractivity contribution in [2.24, 2.45) is 10.7 Å². The predicted molar refractivity (Wildman–Crippen MR) is 213 cm³/mol. The zero-order chi connectivity index (χ0) is 33.9. The number of benzene rings is 7. The van der Waals surface area contributed by atoms with Crippen molar-refractivity contribution in [3.63, 3.8) is 0 Å². The number of furan rings is 2. The maximum absolute atomic E-state index is 6.94. The van der Waals surface area contributed by atoms with Crippen LogP contribution in [0.1, 0.15) is 29.0 Å². The van der Waals surface area contributed by atoms with Gasteiger partial charge in [-0.15, -0.1) is 11.3 Å². The third kappa shape index (κ3) is 5.12. The molecule has 2 atom stereocenters. The van der Waals surface area contributed by atoms with Gasteiger partial charge in [-0.3, -0.25) is 10.3 Å². The Morgan fingerprint density at radius 2 is 1.27 bits per heavy atom. The molecule has 0 saturated heterocycles. The summed E-state index contributed by atoms with van der Waals surface area (Å²) in [6.07, 6.45) is 1.12. The largest absolute Gasteiger partial charge is 0.456 e. The van der Waals surface area contributed by atoms with Gasteiger partial charge in [-0.05, 0) is 53.1 Å². The minimum atomic E-state index is -0.491. The van der Waals surface area contributed by atoms with E-state index in [1.165, 1.54) is 20.2 Å². The average molecular weight is 678 g/mol. The molecule has 3 aromatic heterocycles. The van der Waals surface area contributed by atoms with E-state index in [0.29, 0.717) is 0 Å². The highest BCUT2D eigenvalue weighted by molar-refractivity contribution is 7.26. The van der Waals surface area contributed by atoms with Crippen molar-refractivity contribution in [3.8, 4) is 11.1 Å². The highest BCUT2D eigenvalue weighted by Gasteiger charge is 2.18. The smallest absolute Gasteiger partial charge is 0.143 e. The number of aliphatic imine (C=N–C) groups is 1. The number of thiophene rings is 1. The quantitative estimate of drug-likeness (QED) is 0.130. The number of nitrogens with two attached hydrogens (primary N) is 1. The lowest BCUT2D eigenvalue weighted by Crippen LogP contribution is -2.31. The Morgan fingerprint density at radius 3 is 2.18 bits per heavy atom. The molecule has 0 aliphatic rings. The second-order valence-corrected chi connectivity index (χ2v) is 14.0. The van der Waals surface area contributed by atoms with Crippen LogP contribution in [0.15, 0.2) is 165 Å². The first-order valence-electron chi connectivity index (χ1n) is 17.0. The number of fused-ring (bicyclic) bond motifs is 9. The van der Waals surface area contributed by atoms with E-state index in [1.54, 1.807) is 11.3 Å². The van der Waals surface area contributed by atoms with Gasteiger partial charge in [-0.2, -0.15) is 0 Å². The number of hydrogen-bond donors (Lipinski definition) is 2. The fourth-order valence-corrected chi connectivity index (χ4v) is 8.46. The van der Waals surface area contributed by atoms with Crippen LogP contribution in [0.3, 0.4) is 0 Å². The summed E-state index contributed by atoms with van der Waals surface area (Å²) >= 11 is 1.80. The minimum absolute atomic E-state index is 0.362. The zero-order valence-corrected chi connectivity index (χ0v) is 28.2. The first kappa shape index (κ1) is 29.8. The van der Waals surface area contributed by atoms with Crippen molar-refractivity contribution in [3.05, 3.63) is 168 Å². The van der Waals surface area contributed by atoms with Crippen LogP contribution in [0, 0.1) is 0 Å². The fourth-order valence-electron chi connectivity index (χ4n) is 7.28. The van der Waals surface area contributed by atoms with Gasteiger partial charge in [-0.25, -0.2) is 0 Å². The van der Waals surface area contributed by atoms with E-state index >= 15 is 0 Å². The van der Waals surface area contributed by atoms with Gasteiger partial charge >= 0.3 is 0 Å². The van der Waals surface area contributed by atoms with Crippen LogP contribution in [-0.2, 0) is 0 Å². The summed E-state index contributed by atoms with van der Waals surface area (Å²) in [4.78, 5) is 5.10. The molecule has 0 fully saturated rings. The molecule has 0 aliphatic heterocycles. The van der Waals surface area contributed by atoms with E-state index in [1.807, 2.05) is 60.8 Å². The summed E-state index contributed by atoms with van der Waals surface area (Å²) in [5.74, 6) is 0. The van der Waals surface area contributed by atoms with Crippen LogP contribution in [0.25, 0.3) is 75.2 Å². The molecule has 0 bridgehead atoms. The molecule has 7 aromatic carbocycles. The lowest BCUT2D eigenvalue weighted by molar-refractivity contribution is 0.467. The molecule has 2 unspecified atom stereocenters. The Kier molecular flexibility index (Phi) is 7.06. The molecule has 0 saturated carbocycles. The monoisotopic (exact) mass is 677 g/mol. The Balaban J connectivity index is 1.01. The number of rotatable bonds is 7. The van der Waals surface area contributed by atoms with Crippen molar-refractivity contribution in [2.75, 3.05) is 0 Å². The number of hydrogen-bond acceptors (Lipinski definition) is 6. The summed E-state index contributed by atoms with van der Waals surface area (Å²) < 4.78 is 15.2. The van der Waals surface area contributed by atoms with E-state index < -0.39 is 6.17 Å². The van der Waals surface area contributed by atoms with Crippen molar-refractivity contribution < 1.29 is 8.83 Å². The van der Waals surface area contributed by atoms with Crippen molar-refractivity contribution >= 4 is 81.6 Å². The summed E-state index contributed by atoms with van der Waals surface area (Å²) in [6, 6.07) is 52.2. The minimum Gasteiger partial charge on any atom is -0.456 e. The van der Waals surface area contributed by atoms with Crippen LogP contribution in [0.2, 0.25) is 0 Å². The van der Waals surface area contributed by atoms with Crippen LogP contribution < -0.4 is 11.1 Å². The van der Waals surface area contributed by atoms with Crippen molar-refractivity contribution in [1.82, 2.24) is 5.32 Å². The van der Waals surface area contributed by atoms with Crippen molar-refractivity contribution in [2.45, 2.75) is 12.3 Å². The highest BCUT2D eigenvalue weighted by Crippen LogP contribution is 2.39. The number of para-hydroxylation sites is 2. The van der Waals surface area contributed by atoms with Gasteiger partial charge in [0.05, 0.1) is 6.17 Å². The molecule has 6 heteroatoms. The summed E-state index contributed by atoms with van der Waals surface area (Å²) in [7, 11) is 0. The summed E-state index contributed by atoms with van der Waals surface area (Å²) in [6.45, 7) is 0. The van der Waals surface area contributed by atoms with Gasteiger partial charge in [0.1, 0.15) is 28.5 Å². The average Bonchev–Trinajstić information content (AvgIpc) is 3.87. The molecular formula is C45H31N3O2S. The first-order chi connectivity index (χ1) is 25.2. The molecule has 244 valence electrons. The molecule has 51 heavy (non-hydrogen) atoms. The zero-order valence-electron chi connectivity index (χ0n) is 27.4. The number of nitrogens with one attached hydrogen (secondary N) is 1. The fraction of sp³-hybridized carbons (Fsp3) is 0.0444. The second kappa shape index (κ2) is 12.1. The molecule has 10 rings (SSSR count). The van der Waals surface area contributed by atoms with Gasteiger partial charge in [0, 0.05) is 59.1 Å². The Labute approximate surface area is 297 Å². The van der Waals surface area contributed by atoms with Gasteiger partial charge in [0.2, 0.25) is 0 Å². The Morgan fingerprint density at radius 1 is 0.569 bits per heavy atom. The van der Waals surface area contributed by atoms with Gasteiger partial charge in [0.25, 0.3) is 0 Å². The molecule has 0 amide bonds. The first-order valence-corrected chi connectivity index (χ1v) is 17.9. The molecular weight excluding hydrogens is 647 g/mol. The van der Waals surface area contributed by atoms with E-state index in [4.69, 9.17) is 19.6 Å². The molecule has 5 nitrogen and oxygen atoms in total. The Bertz CT molecular complexity index is 2940. The van der Waals surface area contributed by atoms with Gasteiger partial charge < -0.3 is 14.6 Å². The van der Waals surface area contributed by atoms with E-state index in [0.717, 1.165) is 71.7 Å². The molecule has 0 radical (unpaired) electrons. The topological polar surface area (TPSA) is 76.7 Å². The third-order valence-corrected chi connectivity index (χ3v) is 11.1. The normalized spacial score (nSPS) is 13.4. The maximum Gasteiger partial charge on any atom is 0.143 e. The van der Waals surface area contributed by atoms with Crippen LogP contribution in [-0.4, -0.2) is 6.21 Å². The SMILES string of the molecule is NC(NC(N=Cc1cccc2c1sc1ccccc12)c1ccccc1)c1ccc2oc3ccc(-c4cccc5c4oc4ccccc45)cc3c2c1. The van der Waals surface area contributed by atoms with Crippen molar-refractivity contribution in [1.29, 1.82) is 0 Å². The third-order valence-electron chi connectivity index (χ3n) is 9.82. The highest BCUT2D eigenvalue weighted by atomic mass is 32.1.